The largest absolute Gasteiger partial charge is 0.481 e. The summed E-state index contributed by atoms with van der Waals surface area (Å²) in [5.74, 6) is -2.31. The van der Waals surface area contributed by atoms with Gasteiger partial charge in [0.15, 0.2) is 9.84 Å². The fourth-order valence-electron chi connectivity index (χ4n) is 3.08. The molecule has 2 aliphatic rings. The number of carboxylic acids is 1. The van der Waals surface area contributed by atoms with Gasteiger partial charge in [-0.3, -0.25) is 9.59 Å². The van der Waals surface area contributed by atoms with Crippen LogP contribution in [0.5, 0.6) is 0 Å². The Labute approximate surface area is 118 Å². The Kier molecular flexibility index (Phi) is 4.67. The molecule has 2 fully saturated rings. The second kappa shape index (κ2) is 6.11. The summed E-state index contributed by atoms with van der Waals surface area (Å²) in [6.45, 7) is 0. The van der Waals surface area contributed by atoms with Crippen molar-refractivity contribution in [3.63, 3.8) is 0 Å². The molecule has 0 bridgehead atoms. The molecule has 6 nitrogen and oxygen atoms in total. The number of carbonyl (C=O) groups is 2. The molecule has 0 aromatic heterocycles. The van der Waals surface area contributed by atoms with Gasteiger partial charge in [-0.1, -0.05) is 19.3 Å². The van der Waals surface area contributed by atoms with Gasteiger partial charge >= 0.3 is 5.97 Å². The van der Waals surface area contributed by atoms with E-state index in [1.165, 1.54) is 0 Å². The second-order valence-electron chi connectivity index (χ2n) is 5.80. The number of aliphatic carboxylic acids is 1. The van der Waals surface area contributed by atoms with Gasteiger partial charge in [0.2, 0.25) is 5.91 Å². The van der Waals surface area contributed by atoms with Crippen LogP contribution in [0.1, 0.15) is 38.5 Å². The average molecular weight is 303 g/mol. The first-order valence-electron chi connectivity index (χ1n) is 7.12. The molecule has 3 atom stereocenters. The number of hydrogen-bond donors (Lipinski definition) is 2. The maximum absolute atomic E-state index is 12.1. The van der Waals surface area contributed by atoms with E-state index in [-0.39, 0.29) is 23.5 Å². The minimum atomic E-state index is -3.10. The van der Waals surface area contributed by atoms with Crippen LogP contribution in [0.15, 0.2) is 0 Å². The minimum absolute atomic E-state index is 0.0537. The smallest absolute Gasteiger partial charge is 0.308 e. The summed E-state index contributed by atoms with van der Waals surface area (Å²) in [4.78, 5) is 23.4. The molecule has 2 N–H and O–H groups in total. The Morgan fingerprint density at radius 1 is 1.05 bits per heavy atom. The Hall–Kier alpha value is -1.11. The predicted octanol–water partition coefficient (Wildman–Crippen LogP) is 0.571. The van der Waals surface area contributed by atoms with Gasteiger partial charge in [0.25, 0.3) is 0 Å². The lowest BCUT2D eigenvalue weighted by molar-refractivity contribution is -0.143. The highest BCUT2D eigenvalue weighted by atomic mass is 32.2. The van der Waals surface area contributed by atoms with Crippen LogP contribution < -0.4 is 5.32 Å². The molecule has 20 heavy (non-hydrogen) atoms. The first-order chi connectivity index (χ1) is 9.39. The summed E-state index contributed by atoms with van der Waals surface area (Å²) < 4.78 is 22.8. The van der Waals surface area contributed by atoms with E-state index in [2.05, 4.69) is 5.32 Å². The van der Waals surface area contributed by atoms with Crippen LogP contribution in [0.2, 0.25) is 0 Å². The van der Waals surface area contributed by atoms with E-state index in [4.69, 9.17) is 0 Å². The Morgan fingerprint density at radius 2 is 1.75 bits per heavy atom. The Bertz CT molecular complexity index is 487. The van der Waals surface area contributed by atoms with Crippen molar-refractivity contribution in [2.24, 2.45) is 11.8 Å². The van der Waals surface area contributed by atoms with Crippen molar-refractivity contribution in [3.8, 4) is 0 Å². The quantitative estimate of drug-likeness (QED) is 0.742. The van der Waals surface area contributed by atoms with Crippen LogP contribution in [-0.2, 0) is 19.4 Å². The third-order valence-corrected chi connectivity index (χ3v) is 6.03. The van der Waals surface area contributed by atoms with Gasteiger partial charge in [-0.25, -0.2) is 8.42 Å². The summed E-state index contributed by atoms with van der Waals surface area (Å²) in [5, 5.41) is 12.0. The molecule has 114 valence electrons. The summed E-state index contributed by atoms with van der Waals surface area (Å²) in [6.07, 6.45) is 4.32. The molecule has 2 rings (SSSR count). The highest BCUT2D eigenvalue weighted by Crippen LogP contribution is 2.25. The molecule has 0 aromatic carbocycles. The first-order valence-corrected chi connectivity index (χ1v) is 8.95. The van der Waals surface area contributed by atoms with Crippen LogP contribution >= 0.6 is 0 Å². The predicted molar refractivity (Wildman–Crippen MR) is 72.9 cm³/mol. The van der Waals surface area contributed by atoms with E-state index in [9.17, 15) is 23.1 Å². The van der Waals surface area contributed by atoms with Crippen molar-refractivity contribution in [1.82, 2.24) is 5.32 Å². The van der Waals surface area contributed by atoms with Crippen LogP contribution in [0.3, 0.4) is 0 Å². The molecule has 1 saturated carbocycles. The molecular weight excluding hydrogens is 282 g/mol. The maximum Gasteiger partial charge on any atom is 0.308 e. The van der Waals surface area contributed by atoms with Crippen molar-refractivity contribution in [1.29, 1.82) is 0 Å². The number of hydrogen-bond acceptors (Lipinski definition) is 4. The number of amides is 1. The van der Waals surface area contributed by atoms with Crippen molar-refractivity contribution < 1.29 is 23.1 Å². The van der Waals surface area contributed by atoms with Crippen molar-refractivity contribution in [3.05, 3.63) is 0 Å². The molecule has 1 amide bonds. The molecule has 0 aromatic rings. The average Bonchev–Trinajstić information content (AvgIpc) is 2.59. The summed E-state index contributed by atoms with van der Waals surface area (Å²) >= 11 is 0. The number of sulfone groups is 1. The van der Waals surface area contributed by atoms with Crippen LogP contribution in [0.25, 0.3) is 0 Å². The van der Waals surface area contributed by atoms with Gasteiger partial charge in [-0.15, -0.1) is 0 Å². The van der Waals surface area contributed by atoms with Gasteiger partial charge in [0, 0.05) is 6.04 Å². The van der Waals surface area contributed by atoms with E-state index in [1.54, 1.807) is 0 Å². The van der Waals surface area contributed by atoms with Crippen molar-refractivity contribution in [2.45, 2.75) is 44.6 Å². The number of rotatable bonds is 3. The van der Waals surface area contributed by atoms with Gasteiger partial charge < -0.3 is 10.4 Å². The third-order valence-electron chi connectivity index (χ3n) is 4.26. The van der Waals surface area contributed by atoms with Crippen LogP contribution in [0.4, 0.5) is 0 Å². The zero-order valence-electron chi connectivity index (χ0n) is 11.4. The molecule has 0 radical (unpaired) electrons. The monoisotopic (exact) mass is 303 g/mol. The lowest BCUT2D eigenvalue weighted by Crippen LogP contribution is -2.45. The summed E-state index contributed by atoms with van der Waals surface area (Å²) in [5.41, 5.74) is 0. The number of carboxylic acid groups (broad SMARTS) is 1. The highest BCUT2D eigenvalue weighted by Gasteiger charge is 2.36. The minimum Gasteiger partial charge on any atom is -0.481 e. The number of nitrogens with one attached hydrogen (secondary N) is 1. The van der Waals surface area contributed by atoms with E-state index in [0.29, 0.717) is 19.3 Å². The Balaban J connectivity index is 1.99. The normalized spacial score (nSPS) is 33.3. The zero-order valence-corrected chi connectivity index (χ0v) is 12.2. The lowest BCUT2D eigenvalue weighted by Gasteiger charge is -2.24. The maximum atomic E-state index is 12.1. The van der Waals surface area contributed by atoms with E-state index >= 15 is 0 Å². The molecule has 7 heteroatoms. The first kappa shape index (κ1) is 15.3. The molecule has 3 unspecified atom stereocenters. The lowest BCUT2D eigenvalue weighted by atomic mass is 9.94. The van der Waals surface area contributed by atoms with E-state index < -0.39 is 27.6 Å². The molecular formula is C13H21NO5S. The SMILES string of the molecule is O=C(NC1CCCCCC1C(=O)O)C1CCS(=O)(=O)C1. The second-order valence-corrected chi connectivity index (χ2v) is 8.03. The molecule has 1 aliphatic carbocycles. The zero-order chi connectivity index (χ0) is 14.8. The molecule has 1 aliphatic heterocycles. The Morgan fingerprint density at radius 3 is 2.35 bits per heavy atom. The molecule has 1 heterocycles. The fraction of sp³-hybridized carbons (Fsp3) is 0.846. The van der Waals surface area contributed by atoms with Crippen LogP contribution in [-0.4, -0.2) is 42.9 Å². The standard InChI is InChI=1S/C13H21NO5S/c15-12(9-6-7-20(18,19)8-9)14-11-5-3-1-2-4-10(11)13(16)17/h9-11H,1-8H2,(H,14,15)(H,16,17). The van der Waals surface area contributed by atoms with Crippen molar-refractivity contribution in [2.75, 3.05) is 11.5 Å². The molecule has 1 saturated heterocycles. The topological polar surface area (TPSA) is 101 Å². The van der Waals surface area contributed by atoms with Gasteiger partial charge in [-0.2, -0.15) is 0 Å². The summed E-state index contributed by atoms with van der Waals surface area (Å²) in [6, 6.07) is -0.370. The van der Waals surface area contributed by atoms with Crippen molar-refractivity contribution >= 4 is 21.7 Å². The third kappa shape index (κ3) is 3.71. The van der Waals surface area contributed by atoms with Crippen LogP contribution in [0, 0.1) is 11.8 Å². The highest BCUT2D eigenvalue weighted by molar-refractivity contribution is 7.91. The number of carbonyl (C=O) groups excluding carboxylic acids is 1. The van der Waals surface area contributed by atoms with Gasteiger partial charge in [-0.05, 0) is 19.3 Å². The van der Waals surface area contributed by atoms with Gasteiger partial charge in [0.05, 0.1) is 23.3 Å². The fourth-order valence-corrected chi connectivity index (χ4v) is 4.82. The van der Waals surface area contributed by atoms with Gasteiger partial charge in [0.1, 0.15) is 0 Å². The summed E-state index contributed by atoms with van der Waals surface area (Å²) in [7, 11) is -3.10. The van der Waals surface area contributed by atoms with E-state index in [0.717, 1.165) is 19.3 Å². The van der Waals surface area contributed by atoms with E-state index in [1.807, 2.05) is 0 Å². The molecule has 0 spiro atoms.